The van der Waals surface area contributed by atoms with Crippen molar-refractivity contribution in [3.63, 3.8) is 0 Å². The van der Waals surface area contributed by atoms with E-state index in [1.54, 1.807) is 24.4 Å². The molecule has 3 heteroatoms. The molecule has 70 valence electrons. The van der Waals surface area contributed by atoms with Crippen LogP contribution in [0.5, 0.6) is 0 Å². The third-order valence-electron chi connectivity index (χ3n) is 2.14. The van der Waals surface area contributed by atoms with Gasteiger partial charge >= 0.3 is 0 Å². The first-order valence-electron chi connectivity index (χ1n) is 4.22. The minimum Gasteiger partial charge on any atom is -0.298 e. The Labute approximate surface area is 86.5 Å². The number of carbonyl (C=O) groups is 1. The van der Waals surface area contributed by atoms with Gasteiger partial charge in [0.2, 0.25) is 0 Å². The molecule has 0 amide bonds. The lowest BCUT2D eigenvalue weighted by Gasteiger charge is -2.03. The first-order chi connectivity index (χ1) is 6.72. The molecule has 1 aromatic heterocycles. The van der Waals surface area contributed by atoms with Gasteiger partial charge in [0.05, 0.1) is 10.5 Å². The van der Waals surface area contributed by atoms with Gasteiger partial charge in [-0.25, -0.2) is 0 Å². The van der Waals surface area contributed by atoms with Crippen molar-refractivity contribution in [3.8, 4) is 0 Å². The number of pyridine rings is 1. The molecule has 0 radical (unpaired) electrons. The van der Waals surface area contributed by atoms with Gasteiger partial charge in [0.25, 0.3) is 0 Å². The minimum absolute atomic E-state index is 0.627. The van der Waals surface area contributed by atoms with Gasteiger partial charge in [-0.3, -0.25) is 9.78 Å². The molecule has 0 fully saturated rings. The van der Waals surface area contributed by atoms with Gasteiger partial charge in [0, 0.05) is 17.1 Å². The number of hydrogen-bond acceptors (Lipinski definition) is 2. The monoisotopic (exact) mass is 205 g/mol. The van der Waals surface area contributed by atoms with Crippen molar-refractivity contribution in [2.45, 2.75) is 6.92 Å². The molecule has 0 spiro atoms. The van der Waals surface area contributed by atoms with Crippen LogP contribution in [0.4, 0.5) is 0 Å². The second-order valence-corrected chi connectivity index (χ2v) is 3.55. The number of halogens is 1. The standard InChI is InChI=1S/C11H8ClNO/c1-7-4-8(6-14)5-9-10(12)2-3-13-11(7)9/h2-6H,1H3. The number of aromatic nitrogens is 1. The van der Waals surface area contributed by atoms with Gasteiger partial charge in [-0.15, -0.1) is 0 Å². The Morgan fingerprint density at radius 1 is 1.43 bits per heavy atom. The number of fused-ring (bicyclic) bond motifs is 1. The van der Waals surface area contributed by atoms with Crippen LogP contribution in [-0.2, 0) is 0 Å². The van der Waals surface area contributed by atoms with Gasteiger partial charge in [0.1, 0.15) is 6.29 Å². The quantitative estimate of drug-likeness (QED) is 0.670. The summed E-state index contributed by atoms with van der Waals surface area (Å²) in [5, 5.41) is 1.46. The van der Waals surface area contributed by atoms with Crippen molar-refractivity contribution < 1.29 is 4.79 Å². The molecular weight excluding hydrogens is 198 g/mol. The molecule has 0 aliphatic carbocycles. The number of aldehydes is 1. The minimum atomic E-state index is 0.627. The lowest BCUT2D eigenvalue weighted by atomic mass is 10.1. The summed E-state index contributed by atoms with van der Waals surface area (Å²) in [4.78, 5) is 14.9. The highest BCUT2D eigenvalue weighted by atomic mass is 35.5. The van der Waals surface area contributed by atoms with Crippen LogP contribution in [0.2, 0.25) is 5.02 Å². The average Bonchev–Trinajstić information content (AvgIpc) is 2.19. The molecule has 0 saturated carbocycles. The van der Waals surface area contributed by atoms with E-state index in [-0.39, 0.29) is 0 Å². The second-order valence-electron chi connectivity index (χ2n) is 3.14. The zero-order valence-electron chi connectivity index (χ0n) is 7.62. The van der Waals surface area contributed by atoms with Gasteiger partial charge in [-0.2, -0.15) is 0 Å². The molecule has 0 aliphatic rings. The van der Waals surface area contributed by atoms with E-state index in [1.807, 2.05) is 6.92 Å². The maximum absolute atomic E-state index is 10.7. The van der Waals surface area contributed by atoms with E-state index in [0.717, 1.165) is 22.8 Å². The molecule has 1 heterocycles. The summed E-state index contributed by atoms with van der Waals surface area (Å²) in [5.74, 6) is 0. The van der Waals surface area contributed by atoms with E-state index in [0.29, 0.717) is 10.6 Å². The normalized spacial score (nSPS) is 10.4. The SMILES string of the molecule is Cc1cc(C=O)cc2c(Cl)ccnc12. The van der Waals surface area contributed by atoms with E-state index in [2.05, 4.69) is 4.98 Å². The van der Waals surface area contributed by atoms with Crippen LogP contribution in [-0.4, -0.2) is 11.3 Å². The van der Waals surface area contributed by atoms with Crippen molar-refractivity contribution in [2.75, 3.05) is 0 Å². The average molecular weight is 206 g/mol. The van der Waals surface area contributed by atoms with Crippen LogP contribution in [0.25, 0.3) is 10.9 Å². The Hall–Kier alpha value is -1.41. The summed E-state index contributed by atoms with van der Waals surface area (Å²) in [7, 11) is 0. The van der Waals surface area contributed by atoms with Crippen molar-refractivity contribution in [3.05, 3.63) is 40.5 Å². The van der Waals surface area contributed by atoms with Crippen molar-refractivity contribution in [1.82, 2.24) is 4.98 Å². The summed E-state index contributed by atoms with van der Waals surface area (Å²) in [5.41, 5.74) is 2.44. The molecule has 0 unspecified atom stereocenters. The number of hydrogen-bond donors (Lipinski definition) is 0. The predicted octanol–water partition coefficient (Wildman–Crippen LogP) is 3.01. The lowest BCUT2D eigenvalue weighted by molar-refractivity contribution is 0.112. The summed E-state index contributed by atoms with van der Waals surface area (Å²) in [6.45, 7) is 1.92. The number of aryl methyl sites for hydroxylation is 1. The van der Waals surface area contributed by atoms with Crippen LogP contribution in [0.1, 0.15) is 15.9 Å². The highest BCUT2D eigenvalue weighted by molar-refractivity contribution is 6.35. The summed E-state index contributed by atoms with van der Waals surface area (Å²) in [6, 6.07) is 5.28. The second kappa shape index (κ2) is 3.39. The zero-order chi connectivity index (χ0) is 10.1. The first-order valence-corrected chi connectivity index (χ1v) is 4.60. The molecule has 2 rings (SSSR count). The number of rotatable bonds is 1. The highest BCUT2D eigenvalue weighted by Gasteiger charge is 2.04. The van der Waals surface area contributed by atoms with Crippen molar-refractivity contribution in [1.29, 1.82) is 0 Å². The van der Waals surface area contributed by atoms with E-state index in [1.165, 1.54) is 0 Å². The number of nitrogens with zero attached hydrogens (tertiary/aromatic N) is 1. The Balaban J connectivity index is 2.90. The van der Waals surface area contributed by atoms with E-state index in [9.17, 15) is 4.79 Å². The van der Waals surface area contributed by atoms with Crippen molar-refractivity contribution in [2.24, 2.45) is 0 Å². The van der Waals surface area contributed by atoms with Crippen LogP contribution in [0, 0.1) is 6.92 Å². The smallest absolute Gasteiger partial charge is 0.150 e. The van der Waals surface area contributed by atoms with E-state index in [4.69, 9.17) is 11.6 Å². The Morgan fingerprint density at radius 3 is 2.93 bits per heavy atom. The van der Waals surface area contributed by atoms with E-state index >= 15 is 0 Å². The molecule has 14 heavy (non-hydrogen) atoms. The molecule has 2 nitrogen and oxygen atoms in total. The van der Waals surface area contributed by atoms with Crippen LogP contribution < -0.4 is 0 Å². The fourth-order valence-corrected chi connectivity index (χ4v) is 1.70. The van der Waals surface area contributed by atoms with Crippen LogP contribution in [0.15, 0.2) is 24.4 Å². The molecule has 0 N–H and O–H groups in total. The highest BCUT2D eigenvalue weighted by Crippen LogP contribution is 2.24. The largest absolute Gasteiger partial charge is 0.298 e. The Bertz CT molecular complexity index is 508. The molecule has 0 bridgehead atoms. The molecule has 0 atom stereocenters. The van der Waals surface area contributed by atoms with Crippen molar-refractivity contribution >= 4 is 28.8 Å². The summed E-state index contributed by atoms with van der Waals surface area (Å²) < 4.78 is 0. The Morgan fingerprint density at radius 2 is 2.21 bits per heavy atom. The molecule has 0 aliphatic heterocycles. The molecular formula is C11H8ClNO. The zero-order valence-corrected chi connectivity index (χ0v) is 8.38. The fourth-order valence-electron chi connectivity index (χ4n) is 1.50. The van der Waals surface area contributed by atoms with E-state index < -0.39 is 0 Å². The summed E-state index contributed by atoms with van der Waals surface area (Å²) in [6.07, 6.45) is 2.48. The maximum Gasteiger partial charge on any atom is 0.150 e. The van der Waals surface area contributed by atoms with Gasteiger partial charge in [-0.1, -0.05) is 11.6 Å². The van der Waals surface area contributed by atoms with Gasteiger partial charge < -0.3 is 0 Å². The maximum atomic E-state index is 10.7. The molecule has 1 aromatic carbocycles. The summed E-state index contributed by atoms with van der Waals surface area (Å²) >= 11 is 6.00. The lowest BCUT2D eigenvalue weighted by Crippen LogP contribution is -1.88. The third kappa shape index (κ3) is 1.38. The fraction of sp³-hybridized carbons (Fsp3) is 0.0909. The van der Waals surface area contributed by atoms with Gasteiger partial charge in [-0.05, 0) is 30.7 Å². The molecule has 0 saturated heterocycles. The topological polar surface area (TPSA) is 30.0 Å². The molecule has 2 aromatic rings. The van der Waals surface area contributed by atoms with Crippen LogP contribution in [0.3, 0.4) is 0 Å². The first kappa shape index (κ1) is 9.16. The van der Waals surface area contributed by atoms with Gasteiger partial charge in [0.15, 0.2) is 0 Å². The third-order valence-corrected chi connectivity index (χ3v) is 2.47. The number of carbonyl (C=O) groups excluding carboxylic acids is 1. The number of benzene rings is 1. The predicted molar refractivity (Wildman–Crippen MR) is 56.9 cm³/mol. The van der Waals surface area contributed by atoms with Crippen LogP contribution >= 0.6 is 11.6 Å². The Kier molecular flexibility index (Phi) is 2.22.